The highest BCUT2D eigenvalue weighted by atomic mass is 16.5. The summed E-state index contributed by atoms with van der Waals surface area (Å²) in [6.45, 7) is 1.49. The Morgan fingerprint density at radius 2 is 1.90 bits per heavy atom. The number of amides is 1. The first-order valence-electron chi connectivity index (χ1n) is 6.35. The molecule has 1 aromatic rings. The van der Waals surface area contributed by atoms with E-state index in [1.54, 1.807) is 18.2 Å². The molecule has 0 radical (unpaired) electrons. The lowest BCUT2D eigenvalue weighted by Crippen LogP contribution is -2.38. The molecule has 0 bridgehead atoms. The Hall–Kier alpha value is -2.44. The van der Waals surface area contributed by atoms with Crippen LogP contribution in [-0.2, 0) is 9.59 Å². The average molecular weight is 297 g/mol. The number of carboxylic acids is 1. The molecule has 1 amide bonds. The van der Waals surface area contributed by atoms with Crippen molar-refractivity contribution in [2.75, 3.05) is 20.8 Å². The van der Waals surface area contributed by atoms with Gasteiger partial charge in [-0.05, 0) is 19.1 Å². The Kier molecular flexibility index (Phi) is 6.32. The van der Waals surface area contributed by atoms with Gasteiger partial charge in [0.1, 0.15) is 6.04 Å². The topological polar surface area (TPSA) is 94.1 Å². The first-order valence-corrected chi connectivity index (χ1v) is 6.35. The van der Waals surface area contributed by atoms with Gasteiger partial charge in [0.25, 0.3) is 0 Å². The maximum Gasteiger partial charge on any atom is 0.325 e. The third-order valence-electron chi connectivity index (χ3n) is 2.70. The molecule has 0 aliphatic rings. The Bertz CT molecular complexity index is 502. The van der Waals surface area contributed by atoms with Gasteiger partial charge in [-0.25, -0.2) is 0 Å². The molecule has 1 rings (SSSR count). The fraction of sp³-hybridized carbons (Fsp3) is 0.429. The average Bonchev–Trinajstić information content (AvgIpc) is 2.46. The number of ether oxygens (including phenoxy) is 3. The van der Waals surface area contributed by atoms with E-state index in [9.17, 15) is 9.59 Å². The fourth-order valence-electron chi connectivity index (χ4n) is 1.60. The molecule has 7 heteroatoms. The van der Waals surface area contributed by atoms with Crippen molar-refractivity contribution in [1.29, 1.82) is 0 Å². The molecule has 0 saturated carbocycles. The monoisotopic (exact) mass is 297 g/mol. The summed E-state index contributed by atoms with van der Waals surface area (Å²) < 4.78 is 15.8. The lowest BCUT2D eigenvalue weighted by Gasteiger charge is -2.14. The second kappa shape index (κ2) is 7.98. The van der Waals surface area contributed by atoms with Gasteiger partial charge in [-0.15, -0.1) is 0 Å². The van der Waals surface area contributed by atoms with Crippen LogP contribution in [0.25, 0.3) is 0 Å². The normalized spacial score (nSPS) is 11.4. The van der Waals surface area contributed by atoms with Crippen molar-refractivity contribution in [3.05, 3.63) is 18.2 Å². The zero-order valence-electron chi connectivity index (χ0n) is 12.2. The van der Waals surface area contributed by atoms with Crippen LogP contribution < -0.4 is 19.5 Å². The summed E-state index contributed by atoms with van der Waals surface area (Å²) in [6.07, 6.45) is 0.0397. The summed E-state index contributed by atoms with van der Waals surface area (Å²) in [7, 11) is 3.01. The van der Waals surface area contributed by atoms with Crippen LogP contribution in [0.2, 0.25) is 0 Å². The van der Waals surface area contributed by atoms with Crippen LogP contribution in [0.1, 0.15) is 13.3 Å². The Balaban J connectivity index is 2.53. The highest BCUT2D eigenvalue weighted by Crippen LogP contribution is 2.36. The van der Waals surface area contributed by atoms with E-state index in [1.165, 1.54) is 21.1 Å². The van der Waals surface area contributed by atoms with Gasteiger partial charge in [0, 0.05) is 0 Å². The van der Waals surface area contributed by atoms with Crippen molar-refractivity contribution in [2.24, 2.45) is 0 Å². The smallest absolute Gasteiger partial charge is 0.325 e. The lowest BCUT2D eigenvalue weighted by molar-refractivity contribution is -0.141. The molecule has 0 saturated heterocycles. The number of carbonyl (C=O) groups excluding carboxylic acids is 1. The van der Waals surface area contributed by atoms with Crippen LogP contribution in [0, 0.1) is 0 Å². The number of rotatable bonds is 8. The number of carbonyl (C=O) groups is 2. The van der Waals surface area contributed by atoms with Gasteiger partial charge in [-0.3, -0.25) is 9.59 Å². The molecule has 116 valence electrons. The van der Waals surface area contributed by atoms with Crippen LogP contribution in [0.3, 0.4) is 0 Å². The lowest BCUT2D eigenvalue weighted by atomic mass is 10.3. The van der Waals surface area contributed by atoms with Gasteiger partial charge < -0.3 is 24.6 Å². The van der Waals surface area contributed by atoms with E-state index in [-0.39, 0.29) is 13.0 Å². The summed E-state index contributed by atoms with van der Waals surface area (Å²) in [4.78, 5) is 22.1. The molecular weight excluding hydrogens is 278 g/mol. The predicted molar refractivity (Wildman–Crippen MR) is 74.9 cm³/mol. The summed E-state index contributed by atoms with van der Waals surface area (Å²) >= 11 is 0. The maximum atomic E-state index is 11.5. The van der Waals surface area contributed by atoms with E-state index in [1.807, 2.05) is 0 Å². The van der Waals surface area contributed by atoms with Crippen molar-refractivity contribution < 1.29 is 28.9 Å². The summed E-state index contributed by atoms with van der Waals surface area (Å²) in [5, 5.41) is 11.0. The van der Waals surface area contributed by atoms with Crippen LogP contribution in [0.5, 0.6) is 17.2 Å². The van der Waals surface area contributed by atoms with Gasteiger partial charge in [0.05, 0.1) is 27.2 Å². The number of hydrogen-bond acceptors (Lipinski definition) is 5. The van der Waals surface area contributed by atoms with Crippen LogP contribution in [-0.4, -0.2) is 43.9 Å². The van der Waals surface area contributed by atoms with E-state index < -0.39 is 17.9 Å². The SMILES string of the molecule is COc1cccc(OCCC(=O)NC(C)C(=O)O)c1OC. The molecule has 7 nitrogen and oxygen atoms in total. The molecule has 2 N–H and O–H groups in total. The van der Waals surface area contributed by atoms with E-state index in [0.717, 1.165) is 0 Å². The Labute approximate surface area is 122 Å². The number of benzene rings is 1. The molecule has 1 aromatic carbocycles. The Morgan fingerprint density at radius 1 is 1.24 bits per heavy atom. The number of carboxylic acid groups (broad SMARTS) is 1. The van der Waals surface area contributed by atoms with Crippen molar-refractivity contribution >= 4 is 11.9 Å². The van der Waals surface area contributed by atoms with Crippen molar-refractivity contribution in [1.82, 2.24) is 5.32 Å². The van der Waals surface area contributed by atoms with Crippen LogP contribution in [0.15, 0.2) is 18.2 Å². The first-order chi connectivity index (χ1) is 9.99. The van der Waals surface area contributed by atoms with Gasteiger partial charge >= 0.3 is 5.97 Å². The number of hydrogen-bond donors (Lipinski definition) is 2. The fourth-order valence-corrected chi connectivity index (χ4v) is 1.60. The van der Waals surface area contributed by atoms with E-state index in [4.69, 9.17) is 19.3 Å². The zero-order valence-corrected chi connectivity index (χ0v) is 12.2. The van der Waals surface area contributed by atoms with Gasteiger partial charge in [-0.2, -0.15) is 0 Å². The molecule has 0 aromatic heterocycles. The number of aliphatic carboxylic acids is 1. The van der Waals surface area contributed by atoms with Crippen molar-refractivity contribution in [3.63, 3.8) is 0 Å². The third-order valence-corrected chi connectivity index (χ3v) is 2.70. The molecule has 1 atom stereocenters. The molecular formula is C14H19NO6. The van der Waals surface area contributed by atoms with E-state index in [2.05, 4.69) is 5.32 Å². The number of nitrogens with one attached hydrogen (secondary N) is 1. The minimum Gasteiger partial charge on any atom is -0.493 e. The van der Waals surface area contributed by atoms with E-state index >= 15 is 0 Å². The largest absolute Gasteiger partial charge is 0.493 e. The third kappa shape index (κ3) is 4.87. The Morgan fingerprint density at radius 3 is 2.48 bits per heavy atom. The highest BCUT2D eigenvalue weighted by molar-refractivity contribution is 5.83. The summed E-state index contributed by atoms with van der Waals surface area (Å²) in [5.74, 6) is -0.0558. The summed E-state index contributed by atoms with van der Waals surface area (Å²) in [5.41, 5.74) is 0. The zero-order chi connectivity index (χ0) is 15.8. The number of para-hydroxylation sites is 1. The molecule has 21 heavy (non-hydrogen) atoms. The quantitative estimate of drug-likeness (QED) is 0.745. The molecule has 0 heterocycles. The van der Waals surface area contributed by atoms with Crippen LogP contribution in [0.4, 0.5) is 0 Å². The van der Waals surface area contributed by atoms with Crippen LogP contribution >= 0.6 is 0 Å². The maximum absolute atomic E-state index is 11.5. The number of methoxy groups -OCH3 is 2. The standard InChI is InChI=1S/C14H19NO6/c1-9(14(17)18)15-12(16)7-8-21-11-6-4-5-10(19-2)13(11)20-3/h4-6,9H,7-8H2,1-3H3,(H,15,16)(H,17,18). The van der Waals surface area contributed by atoms with Gasteiger partial charge in [0.15, 0.2) is 11.5 Å². The second-order valence-electron chi connectivity index (χ2n) is 4.22. The molecule has 0 aliphatic carbocycles. The predicted octanol–water partition coefficient (Wildman–Crippen LogP) is 1.06. The van der Waals surface area contributed by atoms with Gasteiger partial charge in [0.2, 0.25) is 11.7 Å². The molecule has 1 unspecified atom stereocenters. The first kappa shape index (κ1) is 16.6. The van der Waals surface area contributed by atoms with Gasteiger partial charge in [-0.1, -0.05) is 6.07 Å². The van der Waals surface area contributed by atoms with Crippen molar-refractivity contribution in [3.8, 4) is 17.2 Å². The summed E-state index contributed by atoms with van der Waals surface area (Å²) in [6, 6.07) is 4.24. The minimum atomic E-state index is -1.08. The second-order valence-corrected chi connectivity index (χ2v) is 4.22. The molecule has 0 fully saturated rings. The van der Waals surface area contributed by atoms with Crippen molar-refractivity contribution in [2.45, 2.75) is 19.4 Å². The van der Waals surface area contributed by atoms with E-state index in [0.29, 0.717) is 17.2 Å². The highest BCUT2D eigenvalue weighted by Gasteiger charge is 2.15. The molecule has 0 spiro atoms. The minimum absolute atomic E-state index is 0.0397. The molecule has 0 aliphatic heterocycles.